The van der Waals surface area contributed by atoms with Gasteiger partial charge in [0, 0.05) is 6.04 Å². The Kier molecular flexibility index (Phi) is 5.71. The summed E-state index contributed by atoms with van der Waals surface area (Å²) in [4.78, 5) is 0. The van der Waals surface area contributed by atoms with Gasteiger partial charge in [-0.05, 0) is 56.3 Å². The van der Waals surface area contributed by atoms with Gasteiger partial charge in [-0.2, -0.15) is 0 Å². The second kappa shape index (κ2) is 7.54. The van der Waals surface area contributed by atoms with Gasteiger partial charge in [-0.25, -0.2) is 0 Å². The molecule has 2 rings (SSSR count). The Hall–Kier alpha value is -1.02. The van der Waals surface area contributed by atoms with Gasteiger partial charge in [-0.3, -0.25) is 0 Å². The molecule has 0 saturated heterocycles. The lowest BCUT2D eigenvalue weighted by Gasteiger charge is -2.16. The number of hydrogen-bond acceptors (Lipinski definition) is 2. The molecule has 0 heterocycles. The molecule has 2 heteroatoms. The molecule has 1 aromatic carbocycles. The van der Waals surface area contributed by atoms with Crippen molar-refractivity contribution < 1.29 is 4.74 Å². The zero-order valence-corrected chi connectivity index (χ0v) is 12.3. The summed E-state index contributed by atoms with van der Waals surface area (Å²) in [6, 6.07) is 8.93. The quantitative estimate of drug-likeness (QED) is 0.789. The van der Waals surface area contributed by atoms with Gasteiger partial charge in [0.2, 0.25) is 0 Å². The number of benzene rings is 1. The summed E-state index contributed by atoms with van der Waals surface area (Å²) in [7, 11) is 0. The monoisotopic (exact) mass is 261 g/mol. The van der Waals surface area contributed by atoms with E-state index in [1.165, 1.54) is 37.7 Å². The molecule has 1 saturated carbocycles. The third-order valence-electron chi connectivity index (χ3n) is 4.02. The molecule has 1 atom stereocenters. The molecule has 0 aliphatic heterocycles. The van der Waals surface area contributed by atoms with Crippen molar-refractivity contribution in [3.8, 4) is 5.75 Å². The third-order valence-corrected chi connectivity index (χ3v) is 4.02. The lowest BCUT2D eigenvalue weighted by atomic mass is 10.1. The summed E-state index contributed by atoms with van der Waals surface area (Å²) in [6.45, 7) is 6.36. The van der Waals surface area contributed by atoms with Crippen LogP contribution >= 0.6 is 0 Å². The molecule has 0 amide bonds. The molecule has 1 unspecified atom stereocenters. The summed E-state index contributed by atoms with van der Waals surface area (Å²) in [6.07, 6.45) is 6.61. The minimum Gasteiger partial charge on any atom is -0.493 e. The maximum absolute atomic E-state index is 5.96. The summed E-state index contributed by atoms with van der Waals surface area (Å²) < 4.78 is 5.96. The zero-order valence-electron chi connectivity index (χ0n) is 12.3. The first-order chi connectivity index (χ1) is 9.29. The Labute approximate surface area is 117 Å². The van der Waals surface area contributed by atoms with E-state index in [2.05, 4.69) is 43.4 Å². The summed E-state index contributed by atoms with van der Waals surface area (Å²) in [5, 5.41) is 3.52. The average molecular weight is 261 g/mol. The van der Waals surface area contributed by atoms with Crippen molar-refractivity contribution in [1.82, 2.24) is 5.32 Å². The minimum atomic E-state index is 0.398. The predicted molar refractivity (Wildman–Crippen MR) is 80.6 cm³/mol. The topological polar surface area (TPSA) is 21.3 Å². The molecule has 2 nitrogen and oxygen atoms in total. The van der Waals surface area contributed by atoms with Gasteiger partial charge in [-0.1, -0.05) is 31.9 Å². The number of ether oxygens (including phenoxy) is 1. The summed E-state index contributed by atoms with van der Waals surface area (Å²) in [5.74, 6) is 1.80. The predicted octanol–water partition coefficient (Wildman–Crippen LogP) is 4.32. The highest BCUT2D eigenvalue weighted by Crippen LogP contribution is 2.26. The van der Waals surface area contributed by atoms with Crippen molar-refractivity contribution in [2.45, 2.75) is 52.0 Å². The van der Waals surface area contributed by atoms with Crippen molar-refractivity contribution in [3.05, 3.63) is 29.8 Å². The van der Waals surface area contributed by atoms with E-state index < -0.39 is 0 Å². The minimum absolute atomic E-state index is 0.398. The van der Waals surface area contributed by atoms with E-state index in [0.29, 0.717) is 6.04 Å². The van der Waals surface area contributed by atoms with Crippen LogP contribution in [0, 0.1) is 5.92 Å². The van der Waals surface area contributed by atoms with Crippen molar-refractivity contribution in [3.63, 3.8) is 0 Å². The molecule has 0 aromatic heterocycles. The first-order valence-corrected chi connectivity index (χ1v) is 7.75. The van der Waals surface area contributed by atoms with E-state index in [9.17, 15) is 0 Å². The number of nitrogens with one attached hydrogen (secondary N) is 1. The fraction of sp³-hybridized carbons (Fsp3) is 0.647. The molecule has 1 fully saturated rings. The molecule has 19 heavy (non-hydrogen) atoms. The van der Waals surface area contributed by atoms with Gasteiger partial charge in [0.1, 0.15) is 5.75 Å². The van der Waals surface area contributed by atoms with Crippen molar-refractivity contribution in [1.29, 1.82) is 0 Å². The SMILES string of the molecule is CCCNC(C)c1cccc(OCC2CCCC2)c1. The molecule has 1 N–H and O–H groups in total. The van der Waals surface area contributed by atoms with Crippen LogP contribution in [-0.4, -0.2) is 13.2 Å². The zero-order chi connectivity index (χ0) is 13.5. The molecule has 1 aliphatic rings. The van der Waals surface area contributed by atoms with Gasteiger partial charge in [0.15, 0.2) is 0 Å². The lowest BCUT2D eigenvalue weighted by Crippen LogP contribution is -2.19. The van der Waals surface area contributed by atoms with E-state index in [4.69, 9.17) is 4.74 Å². The van der Waals surface area contributed by atoms with Crippen LogP contribution in [0.1, 0.15) is 57.6 Å². The van der Waals surface area contributed by atoms with Crippen molar-refractivity contribution in [2.75, 3.05) is 13.2 Å². The van der Waals surface area contributed by atoms with E-state index >= 15 is 0 Å². The summed E-state index contributed by atoms with van der Waals surface area (Å²) >= 11 is 0. The fourth-order valence-corrected chi connectivity index (χ4v) is 2.74. The second-order valence-electron chi connectivity index (χ2n) is 5.71. The first-order valence-electron chi connectivity index (χ1n) is 7.75. The maximum Gasteiger partial charge on any atom is 0.119 e. The Morgan fingerprint density at radius 1 is 1.32 bits per heavy atom. The van der Waals surface area contributed by atoms with E-state index in [1.807, 2.05) is 0 Å². The van der Waals surface area contributed by atoms with Crippen LogP contribution < -0.4 is 10.1 Å². The maximum atomic E-state index is 5.96. The molecular formula is C17H27NO. The van der Waals surface area contributed by atoms with Crippen LogP contribution in [0.25, 0.3) is 0 Å². The Morgan fingerprint density at radius 3 is 2.84 bits per heavy atom. The fourth-order valence-electron chi connectivity index (χ4n) is 2.74. The molecule has 106 valence electrons. The summed E-state index contributed by atoms with van der Waals surface area (Å²) in [5.41, 5.74) is 1.32. The van der Waals surface area contributed by atoms with Crippen molar-refractivity contribution >= 4 is 0 Å². The van der Waals surface area contributed by atoms with Gasteiger partial charge in [0.25, 0.3) is 0 Å². The Balaban J connectivity index is 1.86. The first kappa shape index (κ1) is 14.4. The standard InChI is InChI=1S/C17H27NO/c1-3-11-18-14(2)16-9-6-10-17(12-16)19-13-15-7-4-5-8-15/h6,9-10,12,14-15,18H,3-5,7-8,11,13H2,1-2H3. The van der Waals surface area contributed by atoms with Crippen LogP contribution in [0.15, 0.2) is 24.3 Å². The third kappa shape index (κ3) is 4.54. The normalized spacial score (nSPS) is 17.6. The average Bonchev–Trinajstić information content (AvgIpc) is 2.96. The molecule has 0 bridgehead atoms. The van der Waals surface area contributed by atoms with Crippen molar-refractivity contribution in [2.24, 2.45) is 5.92 Å². The molecule has 0 radical (unpaired) electrons. The van der Waals surface area contributed by atoms with Gasteiger partial charge in [0.05, 0.1) is 6.61 Å². The smallest absolute Gasteiger partial charge is 0.119 e. The van der Waals surface area contributed by atoms with Gasteiger partial charge < -0.3 is 10.1 Å². The van der Waals surface area contributed by atoms with Crippen LogP contribution in [0.3, 0.4) is 0 Å². The van der Waals surface area contributed by atoms with Crippen LogP contribution in [0.5, 0.6) is 5.75 Å². The Morgan fingerprint density at radius 2 is 2.11 bits per heavy atom. The highest BCUT2D eigenvalue weighted by Gasteiger charge is 2.15. The van der Waals surface area contributed by atoms with E-state index in [-0.39, 0.29) is 0 Å². The molecular weight excluding hydrogens is 234 g/mol. The molecule has 1 aliphatic carbocycles. The number of hydrogen-bond donors (Lipinski definition) is 1. The Bertz CT molecular complexity index is 371. The second-order valence-corrected chi connectivity index (χ2v) is 5.71. The molecule has 0 spiro atoms. The van der Waals surface area contributed by atoms with Gasteiger partial charge >= 0.3 is 0 Å². The lowest BCUT2D eigenvalue weighted by molar-refractivity contribution is 0.252. The highest BCUT2D eigenvalue weighted by atomic mass is 16.5. The van der Waals surface area contributed by atoms with Crippen LogP contribution in [-0.2, 0) is 0 Å². The largest absolute Gasteiger partial charge is 0.493 e. The van der Waals surface area contributed by atoms with Crippen LogP contribution in [0.2, 0.25) is 0 Å². The van der Waals surface area contributed by atoms with E-state index in [0.717, 1.165) is 24.8 Å². The number of rotatable bonds is 7. The van der Waals surface area contributed by atoms with Crippen LogP contribution in [0.4, 0.5) is 0 Å². The van der Waals surface area contributed by atoms with Gasteiger partial charge in [-0.15, -0.1) is 0 Å². The molecule has 1 aromatic rings. The highest BCUT2D eigenvalue weighted by molar-refractivity contribution is 5.30. The van der Waals surface area contributed by atoms with E-state index in [1.54, 1.807) is 0 Å².